The number of nitrogens with one attached hydrogen (secondary N) is 1. The van der Waals surface area contributed by atoms with Crippen molar-refractivity contribution in [2.75, 3.05) is 5.75 Å². The molecule has 6 nitrogen and oxygen atoms in total. The van der Waals surface area contributed by atoms with Crippen LogP contribution < -0.4 is 11.1 Å². The molecule has 1 unspecified atom stereocenters. The lowest BCUT2D eigenvalue weighted by molar-refractivity contribution is 0.466. The fourth-order valence-electron chi connectivity index (χ4n) is 0.954. The Labute approximate surface area is 91.4 Å². The Morgan fingerprint density at radius 1 is 1.79 bits per heavy atom. The molecule has 9 heteroatoms. The number of thiol groups is 1. The molecule has 0 fully saturated rings. The number of rotatable bonds is 2. The number of hydrogen-bond acceptors (Lipinski definition) is 6. The second kappa shape index (κ2) is 3.61. The first-order valence-electron chi connectivity index (χ1n) is 3.38. The monoisotopic (exact) mass is 257 g/mol. The second-order valence-corrected chi connectivity index (χ2v) is 5.30. The Balaban J connectivity index is 2.94. The average molecular weight is 258 g/mol. The highest BCUT2D eigenvalue weighted by Gasteiger charge is 2.33. The van der Waals surface area contributed by atoms with Crippen LogP contribution >= 0.6 is 24.2 Å². The van der Waals surface area contributed by atoms with E-state index >= 15 is 0 Å². The predicted octanol–water partition coefficient (Wildman–Crippen LogP) is -0.502. The van der Waals surface area contributed by atoms with Gasteiger partial charge in [-0.3, -0.25) is 4.55 Å². The molecule has 1 aliphatic rings. The Hall–Kier alpha value is -0.440. The molecule has 14 heavy (non-hydrogen) atoms. The van der Waals surface area contributed by atoms with Gasteiger partial charge in [0.05, 0.1) is 0 Å². The van der Waals surface area contributed by atoms with Gasteiger partial charge in [0, 0.05) is 6.08 Å². The maximum absolute atomic E-state index is 10.6. The molecule has 0 aromatic heterocycles. The third-order valence-electron chi connectivity index (χ3n) is 1.29. The van der Waals surface area contributed by atoms with Crippen LogP contribution in [0.2, 0.25) is 0 Å². The largest absolute Gasteiger partial charge is 0.384 e. The third kappa shape index (κ3) is 3.37. The molecule has 0 saturated carbocycles. The zero-order valence-corrected chi connectivity index (χ0v) is 9.27. The highest BCUT2D eigenvalue weighted by atomic mass is 35.5. The van der Waals surface area contributed by atoms with Gasteiger partial charge in [-0.2, -0.15) is 8.42 Å². The fourth-order valence-corrected chi connectivity index (χ4v) is 2.66. The van der Waals surface area contributed by atoms with Crippen LogP contribution in [-0.4, -0.2) is 29.6 Å². The van der Waals surface area contributed by atoms with E-state index in [1.54, 1.807) is 0 Å². The average Bonchev–Trinajstić information content (AvgIpc) is 1.74. The maximum Gasteiger partial charge on any atom is 0.270 e. The van der Waals surface area contributed by atoms with Crippen LogP contribution in [0.25, 0.3) is 0 Å². The molecule has 0 bridgehead atoms. The predicted molar refractivity (Wildman–Crippen MR) is 56.8 cm³/mol. The Kier molecular flexibility index (Phi) is 3.00. The van der Waals surface area contributed by atoms with Gasteiger partial charge in [0.15, 0.2) is 4.99 Å². The van der Waals surface area contributed by atoms with E-state index in [-0.39, 0.29) is 11.0 Å². The smallest absolute Gasteiger partial charge is 0.270 e. The van der Waals surface area contributed by atoms with E-state index in [1.165, 1.54) is 6.08 Å². The molecule has 0 aliphatic carbocycles. The van der Waals surface area contributed by atoms with Crippen molar-refractivity contribution in [1.82, 2.24) is 5.32 Å². The summed E-state index contributed by atoms with van der Waals surface area (Å²) in [7, 11) is -4.22. The first-order valence-corrected chi connectivity index (χ1v) is 5.82. The lowest BCUT2D eigenvalue weighted by atomic mass is 10.4. The van der Waals surface area contributed by atoms with Gasteiger partial charge in [-0.25, -0.2) is 4.99 Å². The molecule has 1 rings (SSSR count). The van der Waals surface area contributed by atoms with Gasteiger partial charge in [0.1, 0.15) is 16.7 Å². The van der Waals surface area contributed by atoms with Crippen LogP contribution in [0.15, 0.2) is 16.2 Å². The van der Waals surface area contributed by atoms with E-state index in [0.29, 0.717) is 0 Å². The fraction of sp³-hybridized carbons (Fsp3) is 0.400. The van der Waals surface area contributed by atoms with E-state index in [9.17, 15) is 8.42 Å². The first-order chi connectivity index (χ1) is 6.20. The minimum Gasteiger partial charge on any atom is -0.384 e. The van der Waals surface area contributed by atoms with Gasteiger partial charge in [-0.15, -0.1) is 12.6 Å². The van der Waals surface area contributed by atoms with E-state index in [2.05, 4.69) is 22.9 Å². The normalized spacial score (nSPS) is 27.6. The number of amidine groups is 1. The summed E-state index contributed by atoms with van der Waals surface area (Å²) < 4.78 is 29.8. The minimum atomic E-state index is -4.22. The van der Waals surface area contributed by atoms with Gasteiger partial charge in [0.2, 0.25) is 0 Å². The molecule has 0 aromatic carbocycles. The number of nitrogens with two attached hydrogens (primary N) is 1. The molecule has 0 amide bonds. The molecule has 1 atom stereocenters. The third-order valence-corrected chi connectivity index (χ3v) is 2.86. The summed E-state index contributed by atoms with van der Waals surface area (Å²) in [6.07, 6.45) is 1.31. The number of hydrogen-bond donors (Lipinski definition) is 4. The molecule has 0 spiro atoms. The van der Waals surface area contributed by atoms with E-state index in [1.807, 2.05) is 0 Å². The molecule has 0 saturated heterocycles. The van der Waals surface area contributed by atoms with Crippen LogP contribution in [0.1, 0.15) is 0 Å². The van der Waals surface area contributed by atoms with Crippen molar-refractivity contribution in [2.45, 2.75) is 4.99 Å². The zero-order chi connectivity index (χ0) is 11.0. The Morgan fingerprint density at radius 2 is 2.36 bits per heavy atom. The highest BCUT2D eigenvalue weighted by Crippen LogP contribution is 2.21. The molecular formula is C5H8ClN3O3S2. The van der Waals surface area contributed by atoms with Gasteiger partial charge in [-0.1, -0.05) is 11.6 Å². The van der Waals surface area contributed by atoms with Crippen LogP contribution in [-0.2, 0) is 10.1 Å². The molecule has 4 N–H and O–H groups in total. The molecular weight excluding hydrogens is 250 g/mol. The van der Waals surface area contributed by atoms with Gasteiger partial charge in [0.25, 0.3) is 10.1 Å². The van der Waals surface area contributed by atoms with Crippen molar-refractivity contribution >= 4 is 40.2 Å². The lowest BCUT2D eigenvalue weighted by Gasteiger charge is -2.27. The van der Waals surface area contributed by atoms with Gasteiger partial charge < -0.3 is 11.1 Å². The van der Waals surface area contributed by atoms with Crippen molar-refractivity contribution in [3.05, 3.63) is 11.2 Å². The number of nitrogens with zero attached hydrogens (tertiary/aromatic N) is 1. The maximum atomic E-state index is 10.6. The van der Waals surface area contributed by atoms with Gasteiger partial charge in [-0.05, 0) is 0 Å². The van der Waals surface area contributed by atoms with Crippen molar-refractivity contribution in [1.29, 1.82) is 0 Å². The van der Waals surface area contributed by atoms with Gasteiger partial charge >= 0.3 is 0 Å². The minimum absolute atomic E-state index is 0.0346. The SMILES string of the molecule is NC1=NC(S)(CS(=O)(=O)O)NC(Cl)=C1. The summed E-state index contributed by atoms with van der Waals surface area (Å²) in [5.74, 6) is -0.694. The van der Waals surface area contributed by atoms with Crippen LogP contribution in [0.5, 0.6) is 0 Å². The van der Waals surface area contributed by atoms with Crippen LogP contribution in [0.4, 0.5) is 0 Å². The highest BCUT2D eigenvalue weighted by molar-refractivity contribution is 7.88. The van der Waals surface area contributed by atoms with E-state index in [4.69, 9.17) is 21.9 Å². The topological polar surface area (TPSA) is 105 Å². The molecule has 1 heterocycles. The van der Waals surface area contributed by atoms with Crippen molar-refractivity contribution < 1.29 is 13.0 Å². The van der Waals surface area contributed by atoms with Crippen molar-refractivity contribution in [3.63, 3.8) is 0 Å². The molecule has 1 aliphatic heterocycles. The standard InChI is InChI=1S/C5H8ClN3O3S2/c6-3-1-4(7)9-5(13,8-3)2-14(10,11)12/h1,8,13H,2H2,(H2,7,9)(H,10,11,12). The summed E-state index contributed by atoms with van der Waals surface area (Å²) in [6.45, 7) is 0. The Morgan fingerprint density at radius 3 is 2.79 bits per heavy atom. The summed E-state index contributed by atoms with van der Waals surface area (Å²) in [4.78, 5) is 2.17. The zero-order valence-electron chi connectivity index (χ0n) is 6.81. The second-order valence-electron chi connectivity index (χ2n) is 2.70. The lowest BCUT2D eigenvalue weighted by Crippen LogP contribution is -2.46. The number of halogens is 1. The summed E-state index contributed by atoms with van der Waals surface area (Å²) in [6, 6.07) is 0. The summed E-state index contributed by atoms with van der Waals surface area (Å²) in [5, 5.41) is 2.57. The molecule has 80 valence electrons. The van der Waals surface area contributed by atoms with E-state index < -0.39 is 20.9 Å². The number of aliphatic imine (C=N–C) groups is 1. The van der Waals surface area contributed by atoms with Crippen molar-refractivity contribution in [2.24, 2.45) is 10.7 Å². The quantitative estimate of drug-likeness (QED) is 0.303. The van der Waals surface area contributed by atoms with Crippen molar-refractivity contribution in [3.8, 4) is 0 Å². The Bertz CT molecular complexity index is 404. The van der Waals surface area contributed by atoms with Crippen LogP contribution in [0, 0.1) is 0 Å². The first kappa shape index (κ1) is 11.6. The molecule has 0 aromatic rings. The molecule has 0 radical (unpaired) electrons. The summed E-state index contributed by atoms with van der Waals surface area (Å²) in [5.41, 5.74) is 5.34. The summed E-state index contributed by atoms with van der Waals surface area (Å²) >= 11 is 9.51. The van der Waals surface area contributed by atoms with E-state index in [0.717, 1.165) is 0 Å². The van der Waals surface area contributed by atoms with Crippen LogP contribution in [0.3, 0.4) is 0 Å².